The highest BCUT2D eigenvalue weighted by Gasteiger charge is 2.30. The summed E-state index contributed by atoms with van der Waals surface area (Å²) in [6, 6.07) is -3.44. The van der Waals surface area contributed by atoms with Crippen LogP contribution < -0.4 is 21.3 Å². The maximum atomic E-state index is 12.0. The number of carbonyl (C=O) groups excluding carboxylic acids is 4. The van der Waals surface area contributed by atoms with E-state index in [2.05, 4.69) is 61.4 Å². The van der Waals surface area contributed by atoms with E-state index in [0.29, 0.717) is 52.1 Å². The highest BCUT2D eigenvalue weighted by atomic mass is 16.5. The van der Waals surface area contributed by atoms with E-state index < -0.39 is 53.2 Å². The Balaban J connectivity index is 5.48. The van der Waals surface area contributed by atoms with Gasteiger partial charge in [0.05, 0.1) is 26.4 Å². The van der Waals surface area contributed by atoms with Gasteiger partial charge < -0.3 is 40.2 Å². The predicted molar refractivity (Wildman–Crippen MR) is 191 cm³/mol. The van der Waals surface area contributed by atoms with Gasteiger partial charge in [-0.15, -0.1) is 0 Å². The third-order valence-corrected chi connectivity index (χ3v) is 7.71. The molecule has 0 aromatic heterocycles. The van der Waals surface area contributed by atoms with Gasteiger partial charge in [0, 0.05) is 72.3 Å². The molecule has 0 spiro atoms. The van der Waals surface area contributed by atoms with Crippen LogP contribution in [0.2, 0.25) is 0 Å². The van der Waals surface area contributed by atoms with E-state index in [1.165, 1.54) is 27.7 Å². The predicted octanol–water partition coefficient (Wildman–Crippen LogP) is 2.86. The quantitative estimate of drug-likeness (QED) is 0.0342. The van der Waals surface area contributed by atoms with Crippen LogP contribution in [0.25, 0.3) is 41.8 Å². The minimum absolute atomic E-state index is 0.199. The van der Waals surface area contributed by atoms with Gasteiger partial charge in [-0.2, -0.15) is 0 Å². The first-order valence-corrected chi connectivity index (χ1v) is 17.1. The number of ether oxygens (including phenoxy) is 4. The number of nitrogens with one attached hydrogen (secondary N) is 4. The van der Waals surface area contributed by atoms with E-state index in [1.807, 2.05) is 0 Å². The lowest BCUT2D eigenvalue weighted by molar-refractivity contribution is -0.122. The molecule has 53 heavy (non-hydrogen) atoms. The Bertz CT molecular complexity index is 1120. The molecule has 24 nitrogen and oxygen atoms in total. The highest BCUT2D eigenvalue weighted by Crippen LogP contribution is 2.35. The zero-order valence-corrected chi connectivity index (χ0v) is 30.8. The van der Waals surface area contributed by atoms with Crippen molar-refractivity contribution in [2.75, 3.05) is 79.0 Å². The van der Waals surface area contributed by atoms with Gasteiger partial charge in [0.1, 0.15) is 24.2 Å². The number of carbonyl (C=O) groups is 4. The maximum Gasteiger partial charge on any atom is 0.228 e. The van der Waals surface area contributed by atoms with E-state index in [4.69, 9.17) is 41.1 Å². The molecule has 0 bridgehead atoms. The van der Waals surface area contributed by atoms with Gasteiger partial charge in [-0.1, -0.05) is 20.5 Å². The van der Waals surface area contributed by atoms with Gasteiger partial charge in [0.15, 0.2) is 0 Å². The number of amides is 4. The summed E-state index contributed by atoms with van der Waals surface area (Å²) in [5.41, 5.74) is 33.7. The summed E-state index contributed by atoms with van der Waals surface area (Å²) in [6.45, 7) is 8.70. The summed E-state index contributed by atoms with van der Waals surface area (Å²) in [4.78, 5) is 58.5. The number of azide groups is 4. The van der Waals surface area contributed by atoms with Crippen molar-refractivity contribution in [1.29, 1.82) is 0 Å². The Labute approximate surface area is 307 Å². The normalized spacial score (nSPS) is 13.8. The van der Waals surface area contributed by atoms with Gasteiger partial charge >= 0.3 is 0 Å². The lowest BCUT2D eigenvalue weighted by Gasteiger charge is -2.34. The molecule has 4 unspecified atom stereocenters. The molecule has 0 aliphatic heterocycles. The lowest BCUT2D eigenvalue weighted by Crippen LogP contribution is -2.35. The first-order chi connectivity index (χ1) is 25.5. The molecule has 0 rings (SSSR count). The number of hydrogen-bond acceptors (Lipinski definition) is 12. The average molecular weight is 753 g/mol. The van der Waals surface area contributed by atoms with E-state index >= 15 is 0 Å². The third kappa shape index (κ3) is 23.9. The third-order valence-electron chi connectivity index (χ3n) is 7.71. The van der Waals surface area contributed by atoms with Crippen molar-refractivity contribution in [3.63, 3.8) is 0 Å². The Morgan fingerprint density at radius 3 is 0.849 bits per heavy atom. The molecule has 0 saturated carbocycles. The fourth-order valence-corrected chi connectivity index (χ4v) is 4.41. The van der Waals surface area contributed by atoms with Crippen molar-refractivity contribution in [2.45, 2.75) is 77.5 Å². The van der Waals surface area contributed by atoms with E-state index in [-0.39, 0.29) is 52.6 Å². The van der Waals surface area contributed by atoms with Crippen molar-refractivity contribution in [3.05, 3.63) is 41.8 Å². The summed E-state index contributed by atoms with van der Waals surface area (Å²) in [5.74, 6) is -1.71. The second-order valence-corrected chi connectivity index (χ2v) is 11.6. The fourth-order valence-electron chi connectivity index (χ4n) is 4.41. The summed E-state index contributed by atoms with van der Waals surface area (Å²) in [7, 11) is 0. The molecular formula is C29H52N16O8. The summed E-state index contributed by atoms with van der Waals surface area (Å²) in [5, 5.41) is 24.0. The Morgan fingerprint density at radius 2 is 0.660 bits per heavy atom. The number of rotatable bonds is 32. The van der Waals surface area contributed by atoms with Crippen molar-refractivity contribution < 1.29 is 38.1 Å². The van der Waals surface area contributed by atoms with Crippen LogP contribution in [0.1, 0.15) is 53.4 Å². The largest absolute Gasteiger partial charge is 0.380 e. The molecule has 24 heteroatoms. The monoisotopic (exact) mass is 752 g/mol. The van der Waals surface area contributed by atoms with Crippen LogP contribution >= 0.6 is 0 Å². The molecule has 0 aromatic rings. The molecule has 296 valence electrons. The van der Waals surface area contributed by atoms with Crippen molar-refractivity contribution >= 4 is 23.6 Å². The topological polar surface area (TPSA) is 348 Å². The molecule has 0 heterocycles. The fraction of sp³-hybridized carbons (Fsp3) is 0.862. The molecule has 0 saturated heterocycles. The molecule has 4 N–H and O–H groups in total. The average Bonchev–Trinajstić information content (AvgIpc) is 3.13. The van der Waals surface area contributed by atoms with Crippen LogP contribution in [0.5, 0.6) is 0 Å². The SMILES string of the molecule is CC(N=[N+]=[N-])C(=O)NCCOCCC(CCOCCNC(=O)C(C)N=[N+]=[N-])(CCOCCNC(=O)C(C)N=[N+]=[N-])CCOCCNC(=O)C(C)N=[N+]=[N-]. The molecule has 0 radical (unpaired) electrons. The summed E-state index contributed by atoms with van der Waals surface area (Å²) in [6.07, 6.45) is 2.14. The van der Waals surface area contributed by atoms with Gasteiger partial charge in [-0.05, 0) is 80.9 Å². The Morgan fingerprint density at radius 1 is 0.453 bits per heavy atom. The number of hydrogen-bond donors (Lipinski definition) is 4. The van der Waals surface area contributed by atoms with Gasteiger partial charge in [-0.25, -0.2) is 0 Å². The number of nitrogens with zero attached hydrogens (tertiary/aromatic N) is 12. The second-order valence-electron chi connectivity index (χ2n) is 11.6. The Kier molecular flexibility index (Phi) is 27.7. The van der Waals surface area contributed by atoms with E-state index in [9.17, 15) is 19.2 Å². The minimum Gasteiger partial charge on any atom is -0.380 e. The first kappa shape index (κ1) is 48.0. The zero-order valence-electron chi connectivity index (χ0n) is 30.8. The second kappa shape index (κ2) is 30.6. The van der Waals surface area contributed by atoms with Crippen LogP contribution in [-0.4, -0.2) is 127 Å². The zero-order chi connectivity index (χ0) is 39.7. The van der Waals surface area contributed by atoms with Crippen LogP contribution in [-0.2, 0) is 38.1 Å². The van der Waals surface area contributed by atoms with Crippen LogP contribution in [0.4, 0.5) is 0 Å². The summed E-state index contributed by atoms with van der Waals surface area (Å²) >= 11 is 0. The van der Waals surface area contributed by atoms with E-state index in [1.54, 1.807) is 0 Å². The minimum atomic E-state index is -0.860. The molecule has 0 aliphatic carbocycles. The lowest BCUT2D eigenvalue weighted by atomic mass is 9.76. The van der Waals surface area contributed by atoms with Gasteiger partial charge in [0.2, 0.25) is 23.6 Å². The highest BCUT2D eigenvalue weighted by molar-refractivity contribution is 5.82. The summed E-state index contributed by atoms with van der Waals surface area (Å²) < 4.78 is 23.3. The molecule has 0 fully saturated rings. The maximum absolute atomic E-state index is 12.0. The molecule has 0 aromatic carbocycles. The molecular weight excluding hydrogens is 700 g/mol. The first-order valence-electron chi connectivity index (χ1n) is 17.1. The van der Waals surface area contributed by atoms with Crippen LogP contribution in [0, 0.1) is 5.41 Å². The van der Waals surface area contributed by atoms with Crippen LogP contribution in [0.15, 0.2) is 20.5 Å². The van der Waals surface area contributed by atoms with Crippen molar-refractivity contribution in [2.24, 2.45) is 25.9 Å². The van der Waals surface area contributed by atoms with Crippen molar-refractivity contribution in [1.82, 2.24) is 21.3 Å². The van der Waals surface area contributed by atoms with E-state index in [0.717, 1.165) is 0 Å². The molecule has 4 atom stereocenters. The van der Waals surface area contributed by atoms with Crippen LogP contribution in [0.3, 0.4) is 0 Å². The van der Waals surface area contributed by atoms with Gasteiger partial charge in [0.25, 0.3) is 0 Å². The Hall–Kier alpha value is -5.04. The molecule has 0 aliphatic rings. The van der Waals surface area contributed by atoms with Crippen molar-refractivity contribution in [3.8, 4) is 0 Å². The standard InChI is InChI=1S/C29H52N16O8/c1-21(38-42-30)25(46)34-9-17-50-13-5-29(6-14-51-18-10-35-26(47)22(2)39-43-31,7-15-52-19-11-36-27(48)23(3)40-44-32)8-16-53-20-12-37-28(49)24(4)41-45-33/h21-24H,5-20H2,1-4H3,(H,34,46)(H,35,47)(H,36,48)(H,37,49). The smallest absolute Gasteiger partial charge is 0.228 e. The molecule has 4 amide bonds. The van der Waals surface area contributed by atoms with Gasteiger partial charge in [-0.3, -0.25) is 19.2 Å².